The van der Waals surface area contributed by atoms with E-state index >= 15 is 0 Å². The standard InChI is InChI=1S/C21H20F4N6OS/c1-11-28-29-19(33-11)18-16(24)9-26-21(27-18)31-5-3-12(4-6-31)20(32)30(2)10-13-7-14(22)8-15(23)17(13)25/h7-9,12H,3-6,10H2,1-2H3. The van der Waals surface area contributed by atoms with E-state index in [2.05, 4.69) is 20.2 Å². The van der Waals surface area contributed by atoms with Crippen LogP contribution in [0.3, 0.4) is 0 Å². The first-order valence-electron chi connectivity index (χ1n) is 10.2. The Morgan fingerprint density at radius 3 is 2.55 bits per heavy atom. The highest BCUT2D eigenvalue weighted by atomic mass is 32.1. The lowest BCUT2D eigenvalue weighted by Gasteiger charge is -2.33. The highest BCUT2D eigenvalue weighted by Gasteiger charge is 2.29. The van der Waals surface area contributed by atoms with Crippen LogP contribution < -0.4 is 4.90 Å². The molecule has 3 aromatic rings. The molecule has 12 heteroatoms. The Hall–Kier alpha value is -3.15. The molecule has 4 rings (SSSR count). The highest BCUT2D eigenvalue weighted by Crippen LogP contribution is 2.28. The molecule has 1 aromatic carbocycles. The number of aryl methyl sites for hydroxylation is 1. The number of benzene rings is 1. The van der Waals surface area contributed by atoms with Crippen LogP contribution in [0.2, 0.25) is 0 Å². The molecular formula is C21H20F4N6OS. The van der Waals surface area contributed by atoms with Crippen molar-refractivity contribution < 1.29 is 22.4 Å². The third-order valence-corrected chi connectivity index (χ3v) is 6.28. The van der Waals surface area contributed by atoms with Gasteiger partial charge in [0.2, 0.25) is 11.9 Å². The van der Waals surface area contributed by atoms with Crippen molar-refractivity contribution in [3.8, 4) is 10.7 Å². The van der Waals surface area contributed by atoms with Gasteiger partial charge in [-0.05, 0) is 25.8 Å². The van der Waals surface area contributed by atoms with Crippen molar-refractivity contribution in [2.75, 3.05) is 25.0 Å². The van der Waals surface area contributed by atoms with E-state index in [1.54, 1.807) is 6.92 Å². The average molecular weight is 480 g/mol. The number of hydrogen-bond donors (Lipinski definition) is 0. The maximum absolute atomic E-state index is 14.2. The summed E-state index contributed by atoms with van der Waals surface area (Å²) in [4.78, 5) is 24.3. The second kappa shape index (κ2) is 9.38. The molecule has 33 heavy (non-hydrogen) atoms. The van der Waals surface area contributed by atoms with Gasteiger partial charge in [0.15, 0.2) is 22.5 Å². The van der Waals surface area contributed by atoms with E-state index in [-0.39, 0.29) is 29.6 Å². The van der Waals surface area contributed by atoms with Gasteiger partial charge in [-0.1, -0.05) is 11.3 Å². The first-order chi connectivity index (χ1) is 15.7. The number of rotatable bonds is 5. The number of amides is 1. The minimum absolute atomic E-state index is 0.0767. The van der Waals surface area contributed by atoms with Crippen molar-refractivity contribution in [1.29, 1.82) is 0 Å². The second-order valence-corrected chi connectivity index (χ2v) is 8.99. The fourth-order valence-electron chi connectivity index (χ4n) is 3.75. The Morgan fingerprint density at radius 2 is 1.88 bits per heavy atom. The first-order valence-corrected chi connectivity index (χ1v) is 11.0. The SMILES string of the molecule is Cc1nnc(-c2nc(N3CCC(C(=O)N(C)Cc4cc(F)cc(F)c4F)CC3)ncc2F)s1. The molecule has 0 aliphatic carbocycles. The molecule has 0 bridgehead atoms. The largest absolute Gasteiger partial charge is 0.341 e. The van der Waals surface area contributed by atoms with E-state index in [4.69, 9.17) is 0 Å². The van der Waals surface area contributed by atoms with Gasteiger partial charge in [-0.15, -0.1) is 10.2 Å². The normalized spacial score (nSPS) is 14.5. The fraction of sp³-hybridized carbons (Fsp3) is 0.381. The third-order valence-electron chi connectivity index (χ3n) is 5.44. The monoisotopic (exact) mass is 480 g/mol. The van der Waals surface area contributed by atoms with Gasteiger partial charge in [-0.25, -0.2) is 27.5 Å². The Labute approximate surface area is 191 Å². The van der Waals surface area contributed by atoms with Crippen LogP contribution in [0.15, 0.2) is 18.3 Å². The number of carbonyl (C=O) groups is 1. The van der Waals surface area contributed by atoms with Gasteiger partial charge in [-0.2, -0.15) is 0 Å². The summed E-state index contributed by atoms with van der Waals surface area (Å²) < 4.78 is 55.0. The van der Waals surface area contributed by atoms with E-state index in [0.29, 0.717) is 48.0 Å². The Bertz CT molecular complexity index is 1180. The molecule has 3 heterocycles. The van der Waals surface area contributed by atoms with Gasteiger partial charge >= 0.3 is 0 Å². The molecule has 1 aliphatic rings. The molecule has 0 spiro atoms. The van der Waals surface area contributed by atoms with Crippen LogP contribution in [0.5, 0.6) is 0 Å². The van der Waals surface area contributed by atoms with E-state index < -0.39 is 23.3 Å². The zero-order valence-corrected chi connectivity index (χ0v) is 18.7. The predicted octanol–water partition coefficient (Wildman–Crippen LogP) is 3.73. The van der Waals surface area contributed by atoms with Gasteiger partial charge in [-0.3, -0.25) is 4.79 Å². The fourth-order valence-corrected chi connectivity index (χ4v) is 4.43. The quantitative estimate of drug-likeness (QED) is 0.409. The Kier molecular flexibility index (Phi) is 6.54. The van der Waals surface area contributed by atoms with Crippen molar-refractivity contribution in [3.05, 3.63) is 52.2 Å². The third kappa shape index (κ3) is 4.95. The number of nitrogens with zero attached hydrogens (tertiary/aromatic N) is 6. The van der Waals surface area contributed by atoms with Gasteiger partial charge in [0, 0.05) is 44.2 Å². The van der Waals surface area contributed by atoms with Gasteiger partial charge in [0.1, 0.15) is 16.5 Å². The van der Waals surface area contributed by atoms with Gasteiger partial charge in [0.05, 0.1) is 6.20 Å². The molecule has 0 saturated carbocycles. The summed E-state index contributed by atoms with van der Waals surface area (Å²) in [5.41, 5.74) is -0.146. The van der Waals surface area contributed by atoms with Crippen LogP contribution in [0, 0.1) is 36.1 Å². The molecule has 1 amide bonds. The summed E-state index contributed by atoms with van der Waals surface area (Å²) in [6, 6.07) is 1.35. The van der Waals surface area contributed by atoms with Crippen molar-refractivity contribution in [3.63, 3.8) is 0 Å². The minimum Gasteiger partial charge on any atom is -0.341 e. The lowest BCUT2D eigenvalue weighted by molar-refractivity contribution is -0.135. The Balaban J connectivity index is 1.40. The van der Waals surface area contributed by atoms with E-state index in [1.165, 1.54) is 23.3 Å². The zero-order valence-electron chi connectivity index (χ0n) is 17.9. The number of halogens is 4. The highest BCUT2D eigenvalue weighted by molar-refractivity contribution is 7.14. The van der Waals surface area contributed by atoms with Crippen LogP contribution >= 0.6 is 11.3 Å². The van der Waals surface area contributed by atoms with E-state index in [1.807, 2.05) is 4.90 Å². The van der Waals surface area contributed by atoms with E-state index in [0.717, 1.165) is 12.3 Å². The van der Waals surface area contributed by atoms with Gasteiger partial charge in [0.25, 0.3) is 0 Å². The molecule has 1 aliphatic heterocycles. The van der Waals surface area contributed by atoms with Crippen LogP contribution in [-0.2, 0) is 11.3 Å². The van der Waals surface area contributed by atoms with Crippen molar-refractivity contribution in [2.45, 2.75) is 26.3 Å². The maximum Gasteiger partial charge on any atom is 0.226 e. The first kappa shape index (κ1) is 23.0. The van der Waals surface area contributed by atoms with E-state index in [9.17, 15) is 22.4 Å². The molecule has 0 atom stereocenters. The lowest BCUT2D eigenvalue weighted by Crippen LogP contribution is -2.41. The number of carbonyl (C=O) groups excluding carboxylic acids is 1. The summed E-state index contributed by atoms with van der Waals surface area (Å²) in [5, 5.41) is 8.87. The molecule has 1 fully saturated rings. The number of hydrogen-bond acceptors (Lipinski definition) is 7. The van der Waals surface area contributed by atoms with Crippen molar-refractivity contribution >= 4 is 23.2 Å². The second-order valence-electron chi connectivity index (χ2n) is 7.81. The number of aromatic nitrogens is 4. The maximum atomic E-state index is 14.2. The zero-order chi connectivity index (χ0) is 23.7. The summed E-state index contributed by atoms with van der Waals surface area (Å²) in [7, 11) is 1.47. The molecule has 2 aromatic heterocycles. The Morgan fingerprint density at radius 1 is 1.15 bits per heavy atom. The molecular weight excluding hydrogens is 460 g/mol. The molecule has 0 radical (unpaired) electrons. The summed E-state index contributed by atoms with van der Waals surface area (Å²) in [5.74, 6) is -4.22. The topological polar surface area (TPSA) is 75.1 Å². The van der Waals surface area contributed by atoms with Crippen molar-refractivity contribution in [2.24, 2.45) is 5.92 Å². The molecule has 0 unspecified atom stereocenters. The minimum atomic E-state index is -1.29. The van der Waals surface area contributed by atoms with Crippen LogP contribution in [0.1, 0.15) is 23.4 Å². The number of anilines is 1. The summed E-state index contributed by atoms with van der Waals surface area (Å²) >= 11 is 1.23. The molecule has 174 valence electrons. The lowest BCUT2D eigenvalue weighted by atomic mass is 9.95. The predicted molar refractivity (Wildman–Crippen MR) is 113 cm³/mol. The molecule has 0 N–H and O–H groups in total. The van der Waals surface area contributed by atoms with Crippen LogP contribution in [-0.4, -0.2) is 51.1 Å². The summed E-state index contributed by atoms with van der Waals surface area (Å²) in [6.45, 7) is 2.42. The molecule has 7 nitrogen and oxygen atoms in total. The van der Waals surface area contributed by atoms with Crippen molar-refractivity contribution in [1.82, 2.24) is 25.1 Å². The molecule has 1 saturated heterocycles. The van der Waals surface area contributed by atoms with Crippen LogP contribution in [0.25, 0.3) is 10.7 Å². The van der Waals surface area contributed by atoms with Gasteiger partial charge < -0.3 is 9.80 Å². The smallest absolute Gasteiger partial charge is 0.226 e. The van der Waals surface area contributed by atoms with Crippen LogP contribution in [0.4, 0.5) is 23.5 Å². The average Bonchev–Trinajstić information content (AvgIpc) is 3.23. The summed E-state index contributed by atoms with van der Waals surface area (Å²) in [6.07, 6.45) is 2.03. The number of piperidine rings is 1.